The number of fused-ring (bicyclic) bond motifs is 3. The predicted octanol–water partition coefficient (Wildman–Crippen LogP) is 4.90. The average molecular weight is 1100 g/mol. The summed E-state index contributed by atoms with van der Waals surface area (Å²) in [7, 11) is 3.33. The molecule has 0 radical (unpaired) electrons. The predicted molar refractivity (Wildman–Crippen MR) is 307 cm³/mol. The van der Waals surface area contributed by atoms with Crippen molar-refractivity contribution in [3.63, 3.8) is 0 Å². The Morgan fingerprint density at radius 2 is 0.887 bits per heavy atom. The van der Waals surface area contributed by atoms with Crippen molar-refractivity contribution in [3.05, 3.63) is 118 Å². The van der Waals surface area contributed by atoms with Crippen LogP contribution in [-0.4, -0.2) is 133 Å². The Balaban J connectivity index is 0.976. The van der Waals surface area contributed by atoms with Gasteiger partial charge in [-0.3, -0.25) is 38.4 Å². The van der Waals surface area contributed by atoms with Crippen LogP contribution in [0.4, 0.5) is 0 Å². The van der Waals surface area contributed by atoms with E-state index >= 15 is 0 Å². The fourth-order valence-electron chi connectivity index (χ4n) is 11.7. The topological polar surface area (TPSA) is 239 Å². The van der Waals surface area contributed by atoms with E-state index < -0.39 is 82.8 Å². The molecule has 1 unspecified atom stereocenters. The number of hydrogen-bond donors (Lipinski definition) is 8. The van der Waals surface area contributed by atoms with Crippen LogP contribution >= 0.6 is 0 Å². The van der Waals surface area contributed by atoms with Crippen molar-refractivity contribution >= 4 is 58.0 Å². The van der Waals surface area contributed by atoms with Crippen LogP contribution in [0.25, 0.3) is 10.8 Å². The smallest absolute Gasteiger partial charge is 0.251 e. The summed E-state index contributed by atoms with van der Waals surface area (Å²) in [5, 5.41) is 25.7. The van der Waals surface area contributed by atoms with Crippen LogP contribution in [0.3, 0.4) is 0 Å². The Morgan fingerprint density at radius 1 is 0.512 bits per heavy atom. The van der Waals surface area contributed by atoms with E-state index in [4.69, 9.17) is 0 Å². The van der Waals surface area contributed by atoms with Gasteiger partial charge in [-0.15, -0.1) is 0 Å². The second-order valence-corrected chi connectivity index (χ2v) is 24.5. The van der Waals surface area contributed by atoms with E-state index in [9.17, 15) is 38.4 Å². The van der Waals surface area contributed by atoms with Crippen LogP contribution in [-0.2, 0) is 41.6 Å². The van der Waals surface area contributed by atoms with Gasteiger partial charge in [0.1, 0.15) is 24.2 Å². The standard InChI is InChI=1S/C62H82N10O8/c1-35(63-9)53(73)69-51(61(3,4)5)59(79)71-33-43(31-49(71)57(77)67-47-23-15-19-37-17-11-13-21-45(37)47)65-55(75)41-27-25-40-30-42(28-26-39(40)29-41)56(76)66-44-32-50(58(78)68-48-24-16-20-38-18-12-14-22-46(38)48)72(34-44)60(80)52(62(6,7)8)70-54(74)36(2)64-10/h11-14,17-18,21-22,25-30,35-36,43-44,47-52,63-64H,15-16,19-20,23-24,31-34H2,1-10H3,(H,65,75)(H,66,76)(H,67,77)(H,68,78)(H,69,73)(H,70,74)/t35-,36-,43-,44-,47+,48?,49-,50-,51+,52+/m0/s1. The minimum absolute atomic E-state index is 0.0388. The Bertz CT molecular complexity index is 2800. The van der Waals surface area contributed by atoms with Crippen molar-refractivity contribution in [1.29, 1.82) is 0 Å². The Morgan fingerprint density at radius 3 is 1.25 bits per heavy atom. The molecule has 18 nitrogen and oxygen atoms in total. The van der Waals surface area contributed by atoms with Crippen LogP contribution in [0.5, 0.6) is 0 Å². The molecule has 4 aromatic rings. The summed E-state index contributed by atoms with van der Waals surface area (Å²) < 4.78 is 0. The summed E-state index contributed by atoms with van der Waals surface area (Å²) in [5.41, 5.74) is 3.68. The van der Waals surface area contributed by atoms with Gasteiger partial charge in [-0.25, -0.2) is 0 Å². The van der Waals surface area contributed by atoms with Gasteiger partial charge in [-0.1, -0.05) is 102 Å². The molecule has 2 heterocycles. The monoisotopic (exact) mass is 1090 g/mol. The number of rotatable bonds is 16. The molecular weight excluding hydrogens is 1010 g/mol. The molecule has 428 valence electrons. The maximum absolute atomic E-state index is 14.7. The number of benzene rings is 4. The van der Waals surface area contributed by atoms with E-state index in [1.165, 1.54) is 20.9 Å². The van der Waals surface area contributed by atoms with Gasteiger partial charge >= 0.3 is 0 Å². The lowest BCUT2D eigenvalue weighted by Crippen LogP contribution is -2.59. The second-order valence-electron chi connectivity index (χ2n) is 24.5. The molecule has 2 aliphatic carbocycles. The van der Waals surface area contributed by atoms with Crippen molar-refractivity contribution in [2.45, 2.75) is 167 Å². The lowest BCUT2D eigenvalue weighted by atomic mass is 9.85. The van der Waals surface area contributed by atoms with Gasteiger partial charge in [-0.2, -0.15) is 0 Å². The molecule has 4 aromatic carbocycles. The molecule has 0 bridgehead atoms. The fraction of sp³-hybridized carbons (Fsp3) is 0.516. The Labute approximate surface area is 470 Å². The summed E-state index contributed by atoms with van der Waals surface area (Å²) in [6, 6.07) is 19.7. The van der Waals surface area contributed by atoms with Crippen molar-refractivity contribution in [1.82, 2.24) is 52.3 Å². The van der Waals surface area contributed by atoms with Gasteiger partial charge in [0, 0.05) is 36.3 Å². The third-order valence-corrected chi connectivity index (χ3v) is 16.6. The highest BCUT2D eigenvalue weighted by molar-refractivity contribution is 6.03. The van der Waals surface area contributed by atoms with Gasteiger partial charge in [0.25, 0.3) is 11.8 Å². The molecule has 18 heteroatoms. The van der Waals surface area contributed by atoms with Gasteiger partial charge in [0.15, 0.2) is 0 Å². The average Bonchev–Trinajstić information content (AvgIpc) is 4.11. The van der Waals surface area contributed by atoms with E-state index in [1.807, 2.05) is 77.9 Å². The highest BCUT2D eigenvalue weighted by Crippen LogP contribution is 2.34. The molecule has 8 rings (SSSR count). The number of hydrogen-bond acceptors (Lipinski definition) is 10. The highest BCUT2D eigenvalue weighted by Gasteiger charge is 2.48. The van der Waals surface area contributed by atoms with Crippen LogP contribution < -0.4 is 42.5 Å². The molecule has 0 spiro atoms. The van der Waals surface area contributed by atoms with Crippen LogP contribution in [0, 0.1) is 10.8 Å². The third kappa shape index (κ3) is 13.3. The number of aryl methyl sites for hydroxylation is 2. The SMILES string of the molecule is CN[C@@H](C)C(=O)N[C@H](C(=O)N1C[C@@H](NC(=O)c2ccc3cc(C(=O)N[C@H]4C[C@@H](C(=O)N[C@@H]5CCCc6ccccc65)N(C(=O)[C@@H](NC(=O)[C@H](C)NC)C(C)(C)C)C4)ccc3c2)C[C@H]1C(=O)NC1CCCc2ccccc21)C(C)(C)C. The Hall–Kier alpha value is -7.18. The van der Waals surface area contributed by atoms with Crippen molar-refractivity contribution in [2.75, 3.05) is 27.2 Å². The zero-order valence-electron chi connectivity index (χ0n) is 48.1. The van der Waals surface area contributed by atoms with Gasteiger partial charge in [0.2, 0.25) is 35.4 Å². The van der Waals surface area contributed by atoms with E-state index in [2.05, 4.69) is 54.7 Å². The highest BCUT2D eigenvalue weighted by atomic mass is 16.2. The molecular formula is C62H82N10O8. The quantitative estimate of drug-likeness (QED) is 0.0755. The van der Waals surface area contributed by atoms with Gasteiger partial charge in [-0.05, 0) is 147 Å². The minimum atomic E-state index is -0.969. The summed E-state index contributed by atoms with van der Waals surface area (Å²) >= 11 is 0. The summed E-state index contributed by atoms with van der Waals surface area (Å²) in [6.07, 6.45) is 5.43. The van der Waals surface area contributed by atoms with E-state index in [0.717, 1.165) is 49.7 Å². The third-order valence-electron chi connectivity index (χ3n) is 16.6. The van der Waals surface area contributed by atoms with Crippen LogP contribution in [0.2, 0.25) is 0 Å². The number of likely N-dealkylation sites (tertiary alicyclic amines) is 2. The maximum atomic E-state index is 14.7. The van der Waals surface area contributed by atoms with Crippen molar-refractivity contribution in [3.8, 4) is 0 Å². The second kappa shape index (κ2) is 24.7. The molecule has 2 saturated heterocycles. The first-order chi connectivity index (χ1) is 37.9. The maximum Gasteiger partial charge on any atom is 0.251 e. The number of carbonyl (C=O) groups excluding carboxylic acids is 8. The summed E-state index contributed by atoms with van der Waals surface area (Å²) in [6.45, 7) is 14.7. The summed E-state index contributed by atoms with van der Waals surface area (Å²) in [5.74, 6) is -3.02. The van der Waals surface area contributed by atoms with Crippen molar-refractivity contribution < 1.29 is 38.4 Å². The van der Waals surface area contributed by atoms with E-state index in [0.29, 0.717) is 21.9 Å². The summed E-state index contributed by atoms with van der Waals surface area (Å²) in [4.78, 5) is 116. The van der Waals surface area contributed by atoms with Crippen LogP contribution in [0.15, 0.2) is 84.9 Å². The van der Waals surface area contributed by atoms with E-state index in [1.54, 1.807) is 64.3 Å². The number of amides is 8. The number of nitrogens with zero attached hydrogens (tertiary/aromatic N) is 2. The number of nitrogens with one attached hydrogen (secondary N) is 8. The molecule has 80 heavy (non-hydrogen) atoms. The molecule has 8 N–H and O–H groups in total. The first-order valence-corrected chi connectivity index (χ1v) is 28.4. The molecule has 2 aliphatic heterocycles. The van der Waals surface area contributed by atoms with Crippen molar-refractivity contribution in [2.24, 2.45) is 10.8 Å². The van der Waals surface area contributed by atoms with E-state index in [-0.39, 0.29) is 61.6 Å². The molecule has 2 fully saturated rings. The van der Waals surface area contributed by atoms with Gasteiger partial charge < -0.3 is 52.3 Å². The zero-order chi connectivity index (χ0) is 57.8. The molecule has 10 atom stereocenters. The normalized spacial score (nSPS) is 22.4. The lowest BCUT2D eigenvalue weighted by molar-refractivity contribution is -0.144. The minimum Gasteiger partial charge on any atom is -0.347 e. The molecule has 8 amide bonds. The Kier molecular flexibility index (Phi) is 18.2. The molecule has 0 aromatic heterocycles. The van der Waals surface area contributed by atoms with Gasteiger partial charge in [0.05, 0.1) is 24.2 Å². The number of carbonyl (C=O) groups is 8. The molecule has 0 saturated carbocycles. The zero-order valence-corrected chi connectivity index (χ0v) is 48.1. The largest absolute Gasteiger partial charge is 0.347 e. The van der Waals surface area contributed by atoms with Crippen LogP contribution in [0.1, 0.15) is 149 Å². The first-order valence-electron chi connectivity index (χ1n) is 28.4. The molecule has 4 aliphatic rings. The first kappa shape index (κ1) is 59.0. The lowest BCUT2D eigenvalue weighted by Gasteiger charge is -2.36. The number of likely N-dealkylation sites (N-methyl/N-ethyl adjacent to an activating group) is 2. The fourth-order valence-corrected chi connectivity index (χ4v) is 11.7.